The number of carboxylic acids is 2. The molecule has 22 heavy (non-hydrogen) atoms. The van der Waals surface area contributed by atoms with Crippen molar-refractivity contribution in [1.82, 2.24) is 10.6 Å². The minimum atomic E-state index is -1.15. The molecule has 0 fully saturated rings. The summed E-state index contributed by atoms with van der Waals surface area (Å²) in [6, 6.07) is -2.05. The van der Waals surface area contributed by atoms with Crippen LogP contribution in [0.5, 0.6) is 0 Å². The summed E-state index contributed by atoms with van der Waals surface area (Å²) in [7, 11) is 0. The first kappa shape index (κ1) is 20.2. The van der Waals surface area contributed by atoms with E-state index in [0.29, 0.717) is 5.75 Å². The lowest BCUT2D eigenvalue weighted by Gasteiger charge is -2.15. The van der Waals surface area contributed by atoms with Crippen LogP contribution in [-0.4, -0.2) is 64.6 Å². The van der Waals surface area contributed by atoms with Gasteiger partial charge in [-0.25, -0.2) is 4.79 Å². The van der Waals surface area contributed by atoms with Crippen LogP contribution in [0.2, 0.25) is 0 Å². The molecule has 0 aliphatic heterocycles. The summed E-state index contributed by atoms with van der Waals surface area (Å²) >= 11 is 1.46. The summed E-state index contributed by atoms with van der Waals surface area (Å²) in [6.45, 7) is -0.414. The van der Waals surface area contributed by atoms with Gasteiger partial charge in [0, 0.05) is 6.42 Å². The number of carbonyl (C=O) groups excluding carboxylic acids is 2. The highest BCUT2D eigenvalue weighted by atomic mass is 32.2. The van der Waals surface area contributed by atoms with E-state index < -0.39 is 42.4 Å². The summed E-state index contributed by atoms with van der Waals surface area (Å²) in [5.74, 6) is -2.95. The number of amides is 2. The normalized spacial score (nSPS) is 13.0. The van der Waals surface area contributed by atoms with E-state index in [1.165, 1.54) is 11.8 Å². The molecule has 0 aromatic carbocycles. The highest BCUT2D eigenvalue weighted by molar-refractivity contribution is 7.98. The molecule has 0 radical (unpaired) electrons. The maximum Gasteiger partial charge on any atom is 0.326 e. The predicted octanol–water partition coefficient (Wildman–Crippen LogP) is -1.38. The fourth-order valence-electron chi connectivity index (χ4n) is 1.45. The Morgan fingerprint density at radius 2 is 1.82 bits per heavy atom. The van der Waals surface area contributed by atoms with Crippen molar-refractivity contribution in [2.24, 2.45) is 5.73 Å². The Labute approximate surface area is 132 Å². The first-order valence-electron chi connectivity index (χ1n) is 6.54. The highest BCUT2D eigenvalue weighted by Crippen LogP contribution is 2.01. The van der Waals surface area contributed by atoms with E-state index in [1.807, 2.05) is 6.26 Å². The number of carbonyl (C=O) groups is 4. The largest absolute Gasteiger partial charge is 0.481 e. The van der Waals surface area contributed by atoms with E-state index in [0.717, 1.165) is 0 Å². The summed E-state index contributed by atoms with van der Waals surface area (Å²) in [5.41, 5.74) is 5.46. The number of carboxylic acid groups (broad SMARTS) is 2. The zero-order valence-corrected chi connectivity index (χ0v) is 13.0. The minimum absolute atomic E-state index is 0.0474. The molecule has 10 heteroatoms. The van der Waals surface area contributed by atoms with Gasteiger partial charge in [-0.05, 0) is 24.9 Å². The van der Waals surface area contributed by atoms with Gasteiger partial charge >= 0.3 is 11.9 Å². The van der Waals surface area contributed by atoms with Crippen LogP contribution in [-0.2, 0) is 19.2 Å². The van der Waals surface area contributed by atoms with E-state index in [2.05, 4.69) is 10.6 Å². The molecule has 6 N–H and O–H groups in total. The molecule has 2 atom stereocenters. The Morgan fingerprint density at radius 3 is 2.32 bits per heavy atom. The van der Waals surface area contributed by atoms with Crippen LogP contribution in [0.25, 0.3) is 0 Å². The monoisotopic (exact) mass is 335 g/mol. The molecule has 0 saturated heterocycles. The second-order valence-corrected chi connectivity index (χ2v) is 5.48. The summed E-state index contributed by atoms with van der Waals surface area (Å²) < 4.78 is 0. The van der Waals surface area contributed by atoms with Crippen molar-refractivity contribution >= 4 is 35.5 Å². The van der Waals surface area contributed by atoms with Crippen LogP contribution in [0.15, 0.2) is 0 Å². The SMILES string of the molecule is CSCCC(NC(=O)CNC(=O)C(N)CCC(=O)O)C(=O)O. The zero-order valence-electron chi connectivity index (χ0n) is 12.2. The van der Waals surface area contributed by atoms with E-state index in [9.17, 15) is 19.2 Å². The quantitative estimate of drug-likeness (QED) is 0.309. The Bertz CT molecular complexity index is 418. The summed E-state index contributed by atoms with van der Waals surface area (Å²) in [6.07, 6.45) is 1.79. The van der Waals surface area contributed by atoms with E-state index in [-0.39, 0.29) is 19.3 Å². The van der Waals surface area contributed by atoms with Gasteiger partial charge in [-0.1, -0.05) is 0 Å². The first-order valence-corrected chi connectivity index (χ1v) is 7.93. The molecule has 0 heterocycles. The van der Waals surface area contributed by atoms with Gasteiger partial charge in [0.25, 0.3) is 0 Å². The zero-order chi connectivity index (χ0) is 17.1. The Hall–Kier alpha value is -1.81. The fraction of sp³-hybridized carbons (Fsp3) is 0.667. The van der Waals surface area contributed by atoms with Gasteiger partial charge < -0.3 is 26.6 Å². The van der Waals surface area contributed by atoms with Crippen LogP contribution in [0.4, 0.5) is 0 Å². The average Bonchev–Trinajstić information content (AvgIpc) is 2.45. The molecule has 2 amide bonds. The molecular formula is C12H21N3O6S. The van der Waals surface area contributed by atoms with Crippen LogP contribution in [0.3, 0.4) is 0 Å². The minimum Gasteiger partial charge on any atom is -0.481 e. The van der Waals surface area contributed by atoms with Crippen molar-refractivity contribution in [3.05, 3.63) is 0 Å². The lowest BCUT2D eigenvalue weighted by Crippen LogP contribution is -2.48. The third kappa shape index (κ3) is 9.19. The second-order valence-electron chi connectivity index (χ2n) is 4.50. The number of hydrogen-bond donors (Lipinski definition) is 5. The van der Waals surface area contributed by atoms with Gasteiger partial charge in [0.05, 0.1) is 12.6 Å². The molecule has 126 valence electrons. The molecule has 0 spiro atoms. The van der Waals surface area contributed by atoms with Gasteiger partial charge in [0.1, 0.15) is 6.04 Å². The number of hydrogen-bond acceptors (Lipinski definition) is 6. The molecule has 0 aliphatic carbocycles. The van der Waals surface area contributed by atoms with Gasteiger partial charge in [0.2, 0.25) is 11.8 Å². The smallest absolute Gasteiger partial charge is 0.326 e. The number of thioether (sulfide) groups is 1. The van der Waals surface area contributed by atoms with E-state index in [4.69, 9.17) is 15.9 Å². The van der Waals surface area contributed by atoms with Crippen LogP contribution in [0, 0.1) is 0 Å². The average molecular weight is 335 g/mol. The molecule has 9 nitrogen and oxygen atoms in total. The number of nitrogens with two attached hydrogens (primary N) is 1. The van der Waals surface area contributed by atoms with Crippen molar-refractivity contribution < 1.29 is 29.4 Å². The summed E-state index contributed by atoms with van der Waals surface area (Å²) in [4.78, 5) is 44.4. The molecule has 0 saturated carbocycles. The molecule has 2 unspecified atom stereocenters. The lowest BCUT2D eigenvalue weighted by molar-refractivity contribution is -0.141. The lowest BCUT2D eigenvalue weighted by atomic mass is 10.1. The highest BCUT2D eigenvalue weighted by Gasteiger charge is 2.20. The molecule has 0 aromatic heterocycles. The van der Waals surface area contributed by atoms with Gasteiger partial charge in [0.15, 0.2) is 0 Å². The standard InChI is InChI=1S/C12H21N3O6S/c1-22-5-4-8(12(20)21)15-9(16)6-14-11(19)7(13)2-3-10(17)18/h7-8H,2-6,13H2,1H3,(H,14,19)(H,15,16)(H,17,18)(H,20,21). The van der Waals surface area contributed by atoms with Crippen molar-refractivity contribution in [2.75, 3.05) is 18.6 Å². The van der Waals surface area contributed by atoms with Gasteiger partial charge in [-0.3, -0.25) is 14.4 Å². The number of rotatable bonds is 11. The van der Waals surface area contributed by atoms with Crippen LogP contribution in [0.1, 0.15) is 19.3 Å². The number of aliphatic carboxylic acids is 2. The van der Waals surface area contributed by atoms with Crippen LogP contribution >= 0.6 is 11.8 Å². The molecule has 0 bridgehead atoms. The second kappa shape index (κ2) is 10.9. The Kier molecular flexibility index (Phi) is 9.96. The Morgan fingerprint density at radius 1 is 1.18 bits per heavy atom. The predicted molar refractivity (Wildman–Crippen MR) is 80.4 cm³/mol. The molecule has 0 aromatic rings. The summed E-state index contributed by atoms with van der Waals surface area (Å²) in [5, 5.41) is 22.0. The molecule has 0 aliphatic rings. The Balaban J connectivity index is 4.17. The third-order valence-corrected chi connectivity index (χ3v) is 3.32. The third-order valence-electron chi connectivity index (χ3n) is 2.67. The first-order chi connectivity index (χ1) is 10.3. The maximum absolute atomic E-state index is 11.6. The topological polar surface area (TPSA) is 159 Å². The van der Waals surface area contributed by atoms with Gasteiger partial charge in [-0.15, -0.1) is 0 Å². The van der Waals surface area contributed by atoms with E-state index in [1.54, 1.807) is 0 Å². The van der Waals surface area contributed by atoms with Crippen LogP contribution < -0.4 is 16.4 Å². The van der Waals surface area contributed by atoms with Crippen molar-refractivity contribution in [1.29, 1.82) is 0 Å². The van der Waals surface area contributed by atoms with Gasteiger partial charge in [-0.2, -0.15) is 11.8 Å². The van der Waals surface area contributed by atoms with Crippen molar-refractivity contribution in [3.63, 3.8) is 0 Å². The molecular weight excluding hydrogens is 314 g/mol. The fourth-order valence-corrected chi connectivity index (χ4v) is 1.92. The van der Waals surface area contributed by atoms with Crippen molar-refractivity contribution in [2.45, 2.75) is 31.3 Å². The van der Waals surface area contributed by atoms with E-state index >= 15 is 0 Å². The number of nitrogens with one attached hydrogen (secondary N) is 2. The molecule has 0 rings (SSSR count). The maximum atomic E-state index is 11.6. The van der Waals surface area contributed by atoms with Crippen molar-refractivity contribution in [3.8, 4) is 0 Å².